The van der Waals surface area contributed by atoms with Crippen molar-refractivity contribution in [2.45, 2.75) is 84.8 Å². The molecule has 5 nitrogen and oxygen atoms in total. The summed E-state index contributed by atoms with van der Waals surface area (Å²) in [6.07, 6.45) is 8.95. The van der Waals surface area contributed by atoms with Crippen LogP contribution in [0.3, 0.4) is 0 Å². The average molecular weight is 783 g/mol. The van der Waals surface area contributed by atoms with Crippen LogP contribution in [0.5, 0.6) is 0 Å². The van der Waals surface area contributed by atoms with Crippen LogP contribution >= 0.6 is 0 Å². The van der Waals surface area contributed by atoms with Crippen LogP contribution in [0.25, 0.3) is 22.0 Å². The third-order valence-electron chi connectivity index (χ3n) is 8.40. The number of rotatable bonds is 5. The van der Waals surface area contributed by atoms with Gasteiger partial charge < -0.3 is 25.0 Å². The molecular formula is C39H48IrN3O2. The Bertz CT molecular complexity index is 1470. The molecule has 2 N–H and O–H groups in total. The SMILES string of the molecule is CC(O)CC(C)O.CC1(C)CCC(c2ccc3ccnc(-c4[c-]cccc4)c3c2)CC1.CC1=CN(c2[c-]cccc2)[CH-]N1C.[Ir+3]. The molecule has 0 radical (unpaired) electrons. The maximum atomic E-state index is 8.56. The molecule has 2 atom stereocenters. The minimum atomic E-state index is -0.375. The number of aromatic nitrogens is 1. The van der Waals surface area contributed by atoms with Crippen molar-refractivity contribution in [3.8, 4) is 11.3 Å². The summed E-state index contributed by atoms with van der Waals surface area (Å²) in [5.74, 6) is 0.690. The van der Waals surface area contributed by atoms with Crippen molar-refractivity contribution in [2.24, 2.45) is 5.41 Å². The molecule has 2 heterocycles. The molecule has 240 valence electrons. The number of nitrogens with zero attached hydrogens (tertiary/aromatic N) is 3. The van der Waals surface area contributed by atoms with Crippen LogP contribution < -0.4 is 4.90 Å². The van der Waals surface area contributed by atoms with Gasteiger partial charge in [0.1, 0.15) is 0 Å². The summed E-state index contributed by atoms with van der Waals surface area (Å²) in [5.41, 5.74) is 6.42. The van der Waals surface area contributed by atoms with Crippen molar-refractivity contribution in [3.63, 3.8) is 0 Å². The molecule has 0 saturated heterocycles. The van der Waals surface area contributed by atoms with Gasteiger partial charge in [-0.15, -0.1) is 41.6 Å². The third-order valence-corrected chi connectivity index (χ3v) is 8.40. The van der Waals surface area contributed by atoms with Crippen LogP contribution in [0.2, 0.25) is 0 Å². The summed E-state index contributed by atoms with van der Waals surface area (Å²) in [6, 6.07) is 31.6. The molecule has 1 aliphatic heterocycles. The predicted molar refractivity (Wildman–Crippen MR) is 183 cm³/mol. The Morgan fingerprint density at radius 2 is 1.62 bits per heavy atom. The summed E-state index contributed by atoms with van der Waals surface area (Å²) in [5, 5.41) is 19.6. The zero-order valence-electron chi connectivity index (χ0n) is 27.5. The molecule has 0 bridgehead atoms. The molecule has 1 fully saturated rings. The Morgan fingerprint density at radius 3 is 2.16 bits per heavy atom. The molecule has 4 aromatic rings. The standard InChI is InChI=1S/C23H24N.C11H12N2.C5H12O2.Ir/c1-23(2)13-10-17(11-14-23)20-9-8-18-12-15-24-22(21(18)16-20)19-6-4-3-5-7-19;1-10-8-13(9-12(10)2)11-6-4-3-5-7-11;1-4(6)3-5(2)7;/h3-6,8-9,12,15-17H,10-11,13-14H2,1-2H3;3-6,8-9H,1-2H3;4-7H,3H2,1-2H3;/q-1;-2;;+3. The fourth-order valence-electron chi connectivity index (χ4n) is 5.70. The van der Waals surface area contributed by atoms with Crippen molar-refractivity contribution < 1.29 is 30.3 Å². The maximum absolute atomic E-state index is 8.56. The van der Waals surface area contributed by atoms with E-state index in [1.54, 1.807) is 13.8 Å². The van der Waals surface area contributed by atoms with E-state index in [9.17, 15) is 0 Å². The second kappa shape index (κ2) is 17.1. The van der Waals surface area contributed by atoms with E-state index in [1.807, 2.05) is 56.3 Å². The first-order valence-corrected chi connectivity index (χ1v) is 15.8. The van der Waals surface area contributed by atoms with E-state index in [2.05, 4.69) is 90.3 Å². The number of hydrogen-bond acceptors (Lipinski definition) is 5. The number of para-hydroxylation sites is 1. The number of anilines is 1. The first-order chi connectivity index (χ1) is 21.0. The fraction of sp³-hybridized carbons (Fsp3) is 0.385. The maximum Gasteiger partial charge on any atom is 3.00 e. The smallest absolute Gasteiger partial charge is 0.508 e. The number of hydrogen-bond donors (Lipinski definition) is 2. The van der Waals surface area contributed by atoms with E-state index < -0.39 is 0 Å². The summed E-state index contributed by atoms with van der Waals surface area (Å²) in [7, 11) is 2.04. The normalized spacial score (nSPS) is 17.2. The summed E-state index contributed by atoms with van der Waals surface area (Å²) >= 11 is 0. The van der Waals surface area contributed by atoms with Crippen LogP contribution in [-0.2, 0) is 20.1 Å². The Kier molecular flexibility index (Phi) is 13.8. The number of allylic oxidation sites excluding steroid dienone is 1. The predicted octanol–water partition coefficient (Wildman–Crippen LogP) is 8.74. The minimum absolute atomic E-state index is 0. The van der Waals surface area contributed by atoms with Crippen molar-refractivity contribution in [2.75, 3.05) is 11.9 Å². The fourth-order valence-corrected chi connectivity index (χ4v) is 5.70. The molecule has 0 amide bonds. The number of benzene rings is 3. The summed E-state index contributed by atoms with van der Waals surface area (Å²) in [4.78, 5) is 8.80. The van der Waals surface area contributed by atoms with Crippen LogP contribution in [0.1, 0.15) is 78.2 Å². The van der Waals surface area contributed by atoms with Gasteiger partial charge in [0.2, 0.25) is 0 Å². The number of pyridine rings is 1. The molecule has 6 rings (SSSR count). The van der Waals surface area contributed by atoms with Crippen molar-refractivity contribution in [3.05, 3.63) is 115 Å². The monoisotopic (exact) mass is 783 g/mol. The van der Waals surface area contributed by atoms with Gasteiger partial charge in [0, 0.05) is 6.20 Å². The summed E-state index contributed by atoms with van der Waals surface area (Å²) < 4.78 is 0. The van der Waals surface area contributed by atoms with Crippen LogP contribution in [0, 0.1) is 24.2 Å². The van der Waals surface area contributed by atoms with Crippen molar-refractivity contribution >= 4 is 16.5 Å². The quantitative estimate of drug-likeness (QED) is 0.199. The number of fused-ring (bicyclic) bond motifs is 1. The van der Waals surface area contributed by atoms with Gasteiger partial charge in [0.15, 0.2) is 0 Å². The Labute approximate surface area is 284 Å². The molecule has 6 heteroatoms. The number of aliphatic hydroxyl groups is 2. The van der Waals surface area contributed by atoms with E-state index in [0.29, 0.717) is 17.8 Å². The Hall–Kier alpha value is -3.02. The Balaban J connectivity index is 0.000000221. The molecule has 3 aromatic carbocycles. The van der Waals surface area contributed by atoms with Gasteiger partial charge in [-0.05, 0) is 111 Å². The van der Waals surface area contributed by atoms with Gasteiger partial charge >= 0.3 is 20.1 Å². The second-order valence-corrected chi connectivity index (χ2v) is 12.9. The van der Waals surface area contributed by atoms with Crippen LogP contribution in [0.15, 0.2) is 90.9 Å². The Morgan fingerprint density at radius 1 is 0.956 bits per heavy atom. The van der Waals surface area contributed by atoms with E-state index in [4.69, 9.17) is 10.2 Å². The van der Waals surface area contributed by atoms with E-state index in [1.165, 1.54) is 47.7 Å². The van der Waals surface area contributed by atoms with Crippen molar-refractivity contribution in [1.29, 1.82) is 0 Å². The van der Waals surface area contributed by atoms with Gasteiger partial charge in [-0.2, -0.15) is 37.0 Å². The van der Waals surface area contributed by atoms with Gasteiger partial charge in [-0.3, -0.25) is 0 Å². The van der Waals surface area contributed by atoms with Gasteiger partial charge in [-0.1, -0.05) is 32.0 Å². The van der Waals surface area contributed by atoms with Crippen molar-refractivity contribution in [1.82, 2.24) is 9.88 Å². The van der Waals surface area contributed by atoms with Gasteiger partial charge in [0.25, 0.3) is 0 Å². The largest absolute Gasteiger partial charge is 3.00 e. The molecule has 1 saturated carbocycles. The molecule has 1 aliphatic carbocycles. The molecule has 0 spiro atoms. The molecular weight excluding hydrogens is 735 g/mol. The minimum Gasteiger partial charge on any atom is -0.508 e. The molecule has 2 aliphatic rings. The first kappa shape index (κ1) is 36.4. The van der Waals surface area contributed by atoms with E-state index >= 15 is 0 Å². The zero-order valence-corrected chi connectivity index (χ0v) is 29.9. The van der Waals surface area contributed by atoms with E-state index in [0.717, 1.165) is 16.9 Å². The third kappa shape index (κ3) is 10.8. The van der Waals surface area contributed by atoms with Gasteiger partial charge in [-0.25, -0.2) is 0 Å². The topological polar surface area (TPSA) is 59.8 Å². The molecule has 45 heavy (non-hydrogen) atoms. The molecule has 1 aromatic heterocycles. The second-order valence-electron chi connectivity index (χ2n) is 12.9. The van der Waals surface area contributed by atoms with Crippen LogP contribution in [-0.4, -0.2) is 39.4 Å². The number of aliphatic hydroxyl groups excluding tert-OH is 2. The first-order valence-electron chi connectivity index (χ1n) is 15.8. The van der Waals surface area contributed by atoms with E-state index in [-0.39, 0.29) is 32.3 Å². The summed E-state index contributed by atoms with van der Waals surface area (Å²) in [6.45, 7) is 12.2. The van der Waals surface area contributed by atoms with Gasteiger partial charge in [0.05, 0.1) is 12.2 Å². The average Bonchev–Trinajstić information content (AvgIpc) is 3.35. The zero-order chi connectivity index (χ0) is 31.7. The molecule has 2 unspecified atom stereocenters. The van der Waals surface area contributed by atoms with Crippen LogP contribution in [0.4, 0.5) is 5.69 Å².